The number of halogens is 1. The maximum Gasteiger partial charge on any atom is 0.405 e. The van der Waals surface area contributed by atoms with Crippen molar-refractivity contribution in [1.29, 1.82) is 0 Å². The van der Waals surface area contributed by atoms with E-state index in [2.05, 4.69) is 21.2 Å². The van der Waals surface area contributed by atoms with Crippen LogP contribution in [0.1, 0.15) is 23.6 Å². The first kappa shape index (κ1) is 17.8. The Balaban J connectivity index is 1.97. The van der Waals surface area contributed by atoms with Gasteiger partial charge in [-0.25, -0.2) is 13.2 Å². The summed E-state index contributed by atoms with van der Waals surface area (Å²) in [6, 6.07) is 13.8. The summed E-state index contributed by atoms with van der Waals surface area (Å²) in [5.74, 6) is -0.100. The number of carbonyl (C=O) groups is 1. The Morgan fingerprint density at radius 1 is 1.24 bits per heavy atom. The molecule has 1 aliphatic rings. The van der Waals surface area contributed by atoms with Crippen LogP contribution >= 0.6 is 15.9 Å². The van der Waals surface area contributed by atoms with Crippen molar-refractivity contribution in [1.82, 2.24) is 5.32 Å². The van der Waals surface area contributed by atoms with E-state index in [1.807, 2.05) is 6.07 Å². The number of amides is 1. The highest BCUT2D eigenvalue weighted by Crippen LogP contribution is 2.37. The van der Waals surface area contributed by atoms with Crippen LogP contribution in [-0.2, 0) is 15.8 Å². The van der Waals surface area contributed by atoms with E-state index < -0.39 is 22.2 Å². The van der Waals surface area contributed by atoms with Gasteiger partial charge in [0.2, 0.25) is 10.0 Å². The molecule has 2 N–H and O–H groups in total. The van der Waals surface area contributed by atoms with Crippen molar-refractivity contribution in [2.45, 2.75) is 18.2 Å². The van der Waals surface area contributed by atoms with Crippen LogP contribution in [-0.4, -0.2) is 26.2 Å². The SMILES string of the molecule is O=C(O)NC1CCN(S(=O)(=O)Cc2ccccc2)c2cc(Br)ccc21. The smallest absolute Gasteiger partial charge is 0.405 e. The molecule has 1 unspecified atom stereocenters. The number of fused-ring (bicyclic) bond motifs is 1. The zero-order valence-corrected chi connectivity index (χ0v) is 15.6. The number of carboxylic acid groups (broad SMARTS) is 1. The lowest BCUT2D eigenvalue weighted by Crippen LogP contribution is -2.41. The average molecular weight is 425 g/mol. The van der Waals surface area contributed by atoms with Gasteiger partial charge in [-0.05, 0) is 29.7 Å². The van der Waals surface area contributed by atoms with Gasteiger partial charge in [-0.15, -0.1) is 0 Å². The Bertz CT molecular complexity index is 887. The summed E-state index contributed by atoms with van der Waals surface area (Å²) in [6.07, 6.45) is -0.742. The van der Waals surface area contributed by atoms with E-state index in [9.17, 15) is 13.2 Å². The third kappa shape index (κ3) is 3.96. The number of nitrogens with zero attached hydrogens (tertiary/aromatic N) is 1. The van der Waals surface area contributed by atoms with Crippen LogP contribution < -0.4 is 9.62 Å². The fraction of sp³-hybridized carbons (Fsp3) is 0.235. The minimum atomic E-state index is -3.58. The quantitative estimate of drug-likeness (QED) is 0.785. The van der Waals surface area contributed by atoms with Gasteiger partial charge >= 0.3 is 6.09 Å². The lowest BCUT2D eigenvalue weighted by molar-refractivity contribution is 0.189. The van der Waals surface area contributed by atoms with Gasteiger partial charge in [-0.2, -0.15) is 0 Å². The second-order valence-corrected chi connectivity index (χ2v) is 8.62. The van der Waals surface area contributed by atoms with E-state index in [1.54, 1.807) is 42.5 Å². The molecular formula is C17H17BrN2O4S. The van der Waals surface area contributed by atoms with Gasteiger partial charge in [0.15, 0.2) is 0 Å². The minimum absolute atomic E-state index is 0.100. The number of hydrogen-bond acceptors (Lipinski definition) is 3. The maximum absolute atomic E-state index is 12.9. The number of rotatable bonds is 4. The van der Waals surface area contributed by atoms with Crippen molar-refractivity contribution in [3.8, 4) is 0 Å². The molecule has 0 aromatic heterocycles. The van der Waals surface area contributed by atoms with Crippen LogP contribution in [0.2, 0.25) is 0 Å². The highest BCUT2D eigenvalue weighted by Gasteiger charge is 2.33. The third-order valence-corrected chi connectivity index (χ3v) is 6.33. The van der Waals surface area contributed by atoms with Gasteiger partial charge in [0.05, 0.1) is 17.5 Å². The predicted molar refractivity (Wildman–Crippen MR) is 99.1 cm³/mol. The summed E-state index contributed by atoms with van der Waals surface area (Å²) in [5.41, 5.74) is 1.88. The molecule has 1 amide bonds. The van der Waals surface area contributed by atoms with Crippen molar-refractivity contribution < 1.29 is 18.3 Å². The average Bonchev–Trinajstić information content (AvgIpc) is 2.54. The summed E-state index contributed by atoms with van der Waals surface area (Å²) >= 11 is 3.36. The van der Waals surface area contributed by atoms with Gasteiger partial charge in [0.1, 0.15) is 0 Å². The minimum Gasteiger partial charge on any atom is -0.465 e. The van der Waals surface area contributed by atoms with E-state index in [4.69, 9.17) is 5.11 Å². The van der Waals surface area contributed by atoms with Crippen LogP contribution in [0.4, 0.5) is 10.5 Å². The Kier molecular flexibility index (Phi) is 5.01. The molecule has 2 aromatic carbocycles. The van der Waals surface area contributed by atoms with E-state index in [1.165, 1.54) is 4.31 Å². The van der Waals surface area contributed by atoms with Crippen molar-refractivity contribution in [3.05, 3.63) is 64.1 Å². The first-order valence-electron chi connectivity index (χ1n) is 7.70. The molecule has 6 nitrogen and oxygen atoms in total. The summed E-state index contributed by atoms with van der Waals surface area (Å²) in [5, 5.41) is 11.5. The molecule has 0 saturated carbocycles. The Labute approximate surface area is 154 Å². The van der Waals surface area contributed by atoms with E-state index in [0.717, 1.165) is 4.47 Å². The normalized spacial score (nSPS) is 17.0. The second-order valence-electron chi connectivity index (χ2n) is 5.81. The topological polar surface area (TPSA) is 86.7 Å². The number of anilines is 1. The molecule has 8 heteroatoms. The highest BCUT2D eigenvalue weighted by atomic mass is 79.9. The fourth-order valence-corrected chi connectivity index (χ4v) is 4.96. The molecule has 0 fully saturated rings. The number of sulfonamides is 1. The summed E-state index contributed by atoms with van der Waals surface area (Å²) in [7, 11) is -3.58. The van der Waals surface area contributed by atoms with E-state index >= 15 is 0 Å². The maximum atomic E-state index is 12.9. The number of benzene rings is 2. The Hall–Kier alpha value is -2.06. The molecule has 1 heterocycles. The molecular weight excluding hydrogens is 408 g/mol. The molecule has 132 valence electrons. The Morgan fingerprint density at radius 2 is 1.96 bits per heavy atom. The van der Waals surface area contributed by atoms with Crippen LogP contribution in [0.25, 0.3) is 0 Å². The van der Waals surface area contributed by atoms with Crippen LogP contribution in [0.15, 0.2) is 53.0 Å². The zero-order chi connectivity index (χ0) is 18.0. The van der Waals surface area contributed by atoms with Gasteiger partial charge in [-0.3, -0.25) is 4.31 Å². The molecule has 25 heavy (non-hydrogen) atoms. The molecule has 0 radical (unpaired) electrons. The molecule has 0 bridgehead atoms. The highest BCUT2D eigenvalue weighted by molar-refractivity contribution is 9.10. The van der Waals surface area contributed by atoms with Crippen molar-refractivity contribution in [2.24, 2.45) is 0 Å². The zero-order valence-electron chi connectivity index (χ0n) is 13.2. The van der Waals surface area contributed by atoms with Crippen LogP contribution in [0, 0.1) is 0 Å². The molecule has 2 aromatic rings. The first-order valence-corrected chi connectivity index (χ1v) is 10.1. The monoisotopic (exact) mass is 424 g/mol. The van der Waals surface area contributed by atoms with E-state index in [0.29, 0.717) is 23.2 Å². The van der Waals surface area contributed by atoms with Gasteiger partial charge in [0, 0.05) is 11.0 Å². The number of hydrogen-bond donors (Lipinski definition) is 2. The standard InChI is InChI=1S/C17H17BrN2O4S/c18-13-6-7-14-15(19-17(21)22)8-9-20(16(14)10-13)25(23,24)11-12-4-2-1-3-5-12/h1-7,10,15,19H,8-9,11H2,(H,21,22). The van der Waals surface area contributed by atoms with E-state index in [-0.39, 0.29) is 12.3 Å². The number of nitrogens with one attached hydrogen (secondary N) is 1. The molecule has 1 atom stereocenters. The second kappa shape index (κ2) is 7.05. The Morgan fingerprint density at radius 3 is 2.64 bits per heavy atom. The third-order valence-electron chi connectivity index (χ3n) is 4.08. The van der Waals surface area contributed by atoms with Crippen LogP contribution in [0.5, 0.6) is 0 Å². The molecule has 1 aliphatic heterocycles. The molecule has 0 spiro atoms. The largest absolute Gasteiger partial charge is 0.465 e. The summed E-state index contributed by atoms with van der Waals surface area (Å²) in [6.45, 7) is 0.226. The summed E-state index contributed by atoms with van der Waals surface area (Å²) < 4.78 is 28.0. The predicted octanol–water partition coefficient (Wildman–Crippen LogP) is 3.50. The van der Waals surface area contributed by atoms with Gasteiger partial charge < -0.3 is 10.4 Å². The fourth-order valence-electron chi connectivity index (χ4n) is 3.00. The molecule has 3 rings (SSSR count). The lowest BCUT2D eigenvalue weighted by atomic mass is 9.98. The van der Waals surface area contributed by atoms with Crippen LogP contribution in [0.3, 0.4) is 0 Å². The van der Waals surface area contributed by atoms with Crippen molar-refractivity contribution in [2.75, 3.05) is 10.8 Å². The van der Waals surface area contributed by atoms with Crippen molar-refractivity contribution >= 4 is 37.7 Å². The summed E-state index contributed by atoms with van der Waals surface area (Å²) in [4.78, 5) is 11.0. The lowest BCUT2D eigenvalue weighted by Gasteiger charge is -2.35. The van der Waals surface area contributed by atoms with Crippen molar-refractivity contribution in [3.63, 3.8) is 0 Å². The van der Waals surface area contributed by atoms with Gasteiger partial charge in [-0.1, -0.05) is 52.3 Å². The first-order chi connectivity index (χ1) is 11.9. The van der Waals surface area contributed by atoms with Gasteiger partial charge in [0.25, 0.3) is 0 Å². The molecule has 0 saturated heterocycles. The molecule has 0 aliphatic carbocycles.